The predicted octanol–water partition coefficient (Wildman–Crippen LogP) is 3.02. The van der Waals surface area contributed by atoms with E-state index in [-0.39, 0.29) is 11.0 Å². The van der Waals surface area contributed by atoms with E-state index in [0.29, 0.717) is 0 Å². The molecule has 20 heavy (non-hydrogen) atoms. The molecule has 0 saturated carbocycles. The third-order valence-electron chi connectivity index (χ3n) is 2.06. The van der Waals surface area contributed by atoms with Crippen molar-refractivity contribution >= 4 is 75.3 Å². The maximum Gasteiger partial charge on any atom is 0.236 e. The number of hydrogen-bond donors (Lipinski definition) is 3. The summed E-state index contributed by atoms with van der Waals surface area (Å²) in [5.41, 5.74) is 0.761. The molecular weight excluding hydrogens is 364 g/mol. The first-order valence-corrected chi connectivity index (χ1v) is 7.45. The average Bonchev–Trinajstić information content (AvgIpc) is 2.37. The van der Waals surface area contributed by atoms with Crippen LogP contribution in [-0.4, -0.2) is 26.9 Å². The standard InChI is InChI=1S/C11H11Cl4N3OS/c12-6-8(19)17-9(11(13,14)15)18-10(20)16-7-4-2-1-3-5-7/h1-5,9H,6H2,(H,17,19)(H2,16,18,20)/t9-/m1/s1. The number of alkyl halides is 4. The number of thiocarbonyl (C=S) groups is 1. The molecule has 0 aromatic heterocycles. The molecule has 0 heterocycles. The molecule has 3 N–H and O–H groups in total. The summed E-state index contributed by atoms with van der Waals surface area (Å²) in [6, 6.07) is 9.18. The maximum atomic E-state index is 11.3. The smallest absolute Gasteiger partial charge is 0.236 e. The fourth-order valence-electron chi connectivity index (χ4n) is 1.22. The van der Waals surface area contributed by atoms with Crippen LogP contribution in [0, 0.1) is 0 Å². The zero-order chi connectivity index (χ0) is 15.2. The second-order valence-electron chi connectivity index (χ2n) is 3.64. The van der Waals surface area contributed by atoms with Crippen molar-refractivity contribution in [3.8, 4) is 0 Å². The van der Waals surface area contributed by atoms with E-state index < -0.39 is 15.9 Å². The first kappa shape index (κ1) is 17.6. The van der Waals surface area contributed by atoms with Crippen LogP contribution in [0.1, 0.15) is 0 Å². The van der Waals surface area contributed by atoms with Crippen molar-refractivity contribution in [3.05, 3.63) is 30.3 Å². The quantitative estimate of drug-likeness (QED) is 0.430. The Morgan fingerprint density at radius 1 is 1.20 bits per heavy atom. The maximum absolute atomic E-state index is 11.3. The third kappa shape index (κ3) is 6.33. The van der Waals surface area contributed by atoms with E-state index in [0.717, 1.165) is 5.69 Å². The highest BCUT2D eigenvalue weighted by Gasteiger charge is 2.34. The van der Waals surface area contributed by atoms with Crippen molar-refractivity contribution in [1.29, 1.82) is 0 Å². The van der Waals surface area contributed by atoms with Gasteiger partial charge in [0.05, 0.1) is 0 Å². The fourth-order valence-corrected chi connectivity index (χ4v) is 1.86. The number of benzene rings is 1. The van der Waals surface area contributed by atoms with Gasteiger partial charge in [-0.3, -0.25) is 4.79 Å². The molecule has 0 aliphatic carbocycles. The predicted molar refractivity (Wildman–Crippen MR) is 88.7 cm³/mol. The molecule has 0 radical (unpaired) electrons. The second-order valence-corrected chi connectivity index (χ2v) is 6.68. The molecule has 110 valence electrons. The van der Waals surface area contributed by atoms with Crippen molar-refractivity contribution in [3.63, 3.8) is 0 Å². The monoisotopic (exact) mass is 373 g/mol. The summed E-state index contributed by atoms with van der Waals surface area (Å²) in [4.78, 5) is 11.3. The second kappa shape index (κ2) is 8.10. The molecule has 1 aromatic carbocycles. The van der Waals surface area contributed by atoms with E-state index in [4.69, 9.17) is 58.6 Å². The Bertz CT molecular complexity index is 466. The van der Waals surface area contributed by atoms with Gasteiger partial charge in [0, 0.05) is 5.69 Å². The first-order valence-electron chi connectivity index (χ1n) is 5.37. The van der Waals surface area contributed by atoms with Crippen LogP contribution in [0.15, 0.2) is 30.3 Å². The molecule has 0 saturated heterocycles. The number of nitrogens with one attached hydrogen (secondary N) is 3. The van der Waals surface area contributed by atoms with Crippen molar-refractivity contribution in [2.45, 2.75) is 9.96 Å². The number of carbonyl (C=O) groups is 1. The van der Waals surface area contributed by atoms with Crippen molar-refractivity contribution in [2.24, 2.45) is 0 Å². The van der Waals surface area contributed by atoms with Crippen LogP contribution in [0.5, 0.6) is 0 Å². The van der Waals surface area contributed by atoms with Gasteiger partial charge < -0.3 is 16.0 Å². The molecule has 0 fully saturated rings. The minimum Gasteiger partial charge on any atom is -0.339 e. The summed E-state index contributed by atoms with van der Waals surface area (Å²) in [5.74, 6) is -0.740. The molecule has 1 aromatic rings. The van der Waals surface area contributed by atoms with E-state index in [1.54, 1.807) is 0 Å². The SMILES string of the molecule is O=C(CCl)N[C@H](NC(=S)Nc1ccccc1)C(Cl)(Cl)Cl. The number of halogens is 4. The van der Waals surface area contributed by atoms with Crippen LogP contribution in [0.2, 0.25) is 0 Å². The largest absolute Gasteiger partial charge is 0.339 e. The van der Waals surface area contributed by atoms with E-state index >= 15 is 0 Å². The van der Waals surface area contributed by atoms with E-state index in [1.165, 1.54) is 0 Å². The van der Waals surface area contributed by atoms with E-state index in [2.05, 4.69) is 16.0 Å². The van der Waals surface area contributed by atoms with Crippen LogP contribution in [0.4, 0.5) is 5.69 Å². The third-order valence-corrected chi connectivity index (χ3v) is 3.18. The molecular formula is C11H11Cl4N3OS. The van der Waals surface area contributed by atoms with Gasteiger partial charge in [-0.15, -0.1) is 11.6 Å². The first-order chi connectivity index (χ1) is 9.32. The molecule has 1 rings (SSSR count). The van der Waals surface area contributed by atoms with Gasteiger partial charge in [-0.25, -0.2) is 0 Å². The lowest BCUT2D eigenvalue weighted by Crippen LogP contribution is -2.56. The Morgan fingerprint density at radius 3 is 2.30 bits per heavy atom. The molecule has 0 unspecified atom stereocenters. The topological polar surface area (TPSA) is 53.2 Å². The van der Waals surface area contributed by atoms with Crippen LogP contribution in [0.25, 0.3) is 0 Å². The molecule has 0 bridgehead atoms. The molecule has 1 atom stereocenters. The van der Waals surface area contributed by atoms with Gasteiger partial charge in [-0.2, -0.15) is 0 Å². The van der Waals surface area contributed by atoms with Gasteiger partial charge in [0.15, 0.2) is 5.11 Å². The van der Waals surface area contributed by atoms with E-state index in [1.807, 2.05) is 30.3 Å². The Balaban J connectivity index is 2.65. The van der Waals surface area contributed by atoms with Gasteiger partial charge in [-0.1, -0.05) is 53.0 Å². The number of rotatable bonds is 4. The lowest BCUT2D eigenvalue weighted by atomic mass is 10.3. The zero-order valence-corrected chi connectivity index (χ0v) is 13.8. The summed E-state index contributed by atoms with van der Waals surface area (Å²) >= 11 is 27.8. The van der Waals surface area contributed by atoms with Crippen LogP contribution >= 0.6 is 58.6 Å². The molecule has 9 heteroatoms. The summed E-state index contributed by atoms with van der Waals surface area (Å²) in [6.45, 7) is 0. The fraction of sp³-hybridized carbons (Fsp3) is 0.273. The van der Waals surface area contributed by atoms with Crippen molar-refractivity contribution < 1.29 is 4.79 Å². The van der Waals surface area contributed by atoms with Gasteiger partial charge >= 0.3 is 0 Å². The molecule has 0 aliphatic heterocycles. The minimum absolute atomic E-state index is 0.197. The number of amides is 1. The highest BCUT2D eigenvalue weighted by atomic mass is 35.6. The Kier molecular flexibility index (Phi) is 7.12. The minimum atomic E-state index is -1.79. The number of anilines is 1. The van der Waals surface area contributed by atoms with Crippen LogP contribution < -0.4 is 16.0 Å². The summed E-state index contributed by atoms with van der Waals surface area (Å²) in [5, 5.41) is 8.22. The highest BCUT2D eigenvalue weighted by Crippen LogP contribution is 2.29. The van der Waals surface area contributed by atoms with Gasteiger partial charge in [-0.05, 0) is 24.4 Å². The lowest BCUT2D eigenvalue weighted by Gasteiger charge is -2.27. The Labute approximate surface area is 142 Å². The lowest BCUT2D eigenvalue weighted by molar-refractivity contribution is -0.119. The Morgan fingerprint density at radius 2 is 1.80 bits per heavy atom. The molecule has 4 nitrogen and oxygen atoms in total. The zero-order valence-electron chi connectivity index (χ0n) is 10.00. The summed E-state index contributed by atoms with van der Waals surface area (Å²) in [6.07, 6.45) is -1.01. The molecule has 0 spiro atoms. The summed E-state index contributed by atoms with van der Waals surface area (Å²) in [7, 11) is 0. The highest BCUT2D eigenvalue weighted by molar-refractivity contribution is 7.80. The Hall–Kier alpha value is -0.460. The van der Waals surface area contributed by atoms with E-state index in [9.17, 15) is 4.79 Å². The summed E-state index contributed by atoms with van der Waals surface area (Å²) < 4.78 is -1.79. The van der Waals surface area contributed by atoms with Gasteiger partial charge in [0.2, 0.25) is 9.70 Å². The van der Waals surface area contributed by atoms with Crippen LogP contribution in [-0.2, 0) is 4.79 Å². The van der Waals surface area contributed by atoms with Gasteiger partial charge in [0.25, 0.3) is 0 Å². The number of para-hydroxylation sites is 1. The normalized spacial score (nSPS) is 12.4. The number of hydrogen-bond acceptors (Lipinski definition) is 2. The van der Waals surface area contributed by atoms with Crippen LogP contribution in [0.3, 0.4) is 0 Å². The van der Waals surface area contributed by atoms with Gasteiger partial charge in [0.1, 0.15) is 12.0 Å². The molecule has 0 aliphatic rings. The number of carbonyl (C=O) groups excluding carboxylic acids is 1. The van der Waals surface area contributed by atoms with Crippen molar-refractivity contribution in [1.82, 2.24) is 10.6 Å². The molecule has 1 amide bonds. The average molecular weight is 375 g/mol. The van der Waals surface area contributed by atoms with Crippen molar-refractivity contribution in [2.75, 3.05) is 11.2 Å².